The Morgan fingerprint density at radius 2 is 1.32 bits per heavy atom. The summed E-state index contributed by atoms with van der Waals surface area (Å²) in [5.74, 6) is 0. The standard InChI is InChI=1S/C20H38N8OS2/c1-17(23-25-19(30)21-7-6-11-28-13-15-29-16-14-28)18(2)24-26-20(31)22-8-12-27-9-4-3-5-10-27/h3-16H2,1-2H3,(H2,21,25,30)(H2,22,26,31)/b23-17+,24-18+. The zero-order valence-corrected chi connectivity index (χ0v) is 20.5. The molecule has 0 bridgehead atoms. The number of hydrazone groups is 2. The minimum Gasteiger partial charge on any atom is -0.379 e. The molecule has 31 heavy (non-hydrogen) atoms. The topological polar surface area (TPSA) is 88.5 Å². The molecule has 0 aromatic heterocycles. The van der Waals surface area contributed by atoms with E-state index in [9.17, 15) is 0 Å². The second kappa shape index (κ2) is 15.4. The van der Waals surface area contributed by atoms with Gasteiger partial charge >= 0.3 is 0 Å². The maximum atomic E-state index is 5.36. The van der Waals surface area contributed by atoms with E-state index >= 15 is 0 Å². The first-order valence-corrected chi connectivity index (χ1v) is 12.1. The third-order valence-corrected chi connectivity index (χ3v) is 5.85. The third-order valence-electron chi connectivity index (χ3n) is 5.38. The lowest BCUT2D eigenvalue weighted by Crippen LogP contribution is -2.40. The van der Waals surface area contributed by atoms with Crippen LogP contribution in [0.3, 0.4) is 0 Å². The second-order valence-corrected chi connectivity index (χ2v) is 8.66. The number of rotatable bonds is 10. The molecule has 0 spiro atoms. The van der Waals surface area contributed by atoms with Gasteiger partial charge in [-0.25, -0.2) is 0 Å². The van der Waals surface area contributed by atoms with E-state index in [4.69, 9.17) is 29.2 Å². The first-order chi connectivity index (χ1) is 15.0. The Bertz CT molecular complexity index is 616. The average Bonchev–Trinajstić information content (AvgIpc) is 2.80. The molecule has 11 heteroatoms. The number of likely N-dealkylation sites (tertiary alicyclic amines) is 1. The van der Waals surface area contributed by atoms with Crippen LogP contribution in [0.1, 0.15) is 39.5 Å². The Labute approximate surface area is 197 Å². The molecule has 0 aromatic rings. The highest BCUT2D eigenvalue weighted by molar-refractivity contribution is 7.80. The molecule has 0 aromatic carbocycles. The number of nitrogens with zero attached hydrogens (tertiary/aromatic N) is 4. The van der Waals surface area contributed by atoms with Crippen LogP contribution in [-0.4, -0.2) is 97.0 Å². The van der Waals surface area contributed by atoms with E-state index in [-0.39, 0.29) is 0 Å². The molecule has 4 N–H and O–H groups in total. The fraction of sp³-hybridized carbons (Fsp3) is 0.800. The fourth-order valence-corrected chi connectivity index (χ4v) is 3.65. The van der Waals surface area contributed by atoms with Crippen molar-refractivity contribution in [2.75, 3.05) is 65.6 Å². The zero-order chi connectivity index (χ0) is 22.3. The number of nitrogens with one attached hydrogen (secondary N) is 4. The monoisotopic (exact) mass is 470 g/mol. The summed E-state index contributed by atoms with van der Waals surface area (Å²) in [6.07, 6.45) is 4.97. The molecule has 176 valence electrons. The molecule has 2 heterocycles. The lowest BCUT2D eigenvalue weighted by molar-refractivity contribution is 0.0376. The molecule has 9 nitrogen and oxygen atoms in total. The maximum absolute atomic E-state index is 5.36. The number of thiocarbonyl (C=S) groups is 2. The number of hydrogen-bond donors (Lipinski definition) is 4. The molecular weight excluding hydrogens is 432 g/mol. The van der Waals surface area contributed by atoms with Gasteiger partial charge in [-0.2, -0.15) is 10.2 Å². The Kier molecular flexibility index (Phi) is 12.9. The van der Waals surface area contributed by atoms with Crippen LogP contribution in [0.25, 0.3) is 0 Å². The number of piperidine rings is 1. The summed E-state index contributed by atoms with van der Waals surface area (Å²) in [6, 6.07) is 0. The van der Waals surface area contributed by atoms with Gasteiger partial charge in [0.15, 0.2) is 10.2 Å². The number of hydrogen-bond acceptors (Lipinski definition) is 7. The van der Waals surface area contributed by atoms with Crippen LogP contribution in [-0.2, 0) is 4.74 Å². The highest BCUT2D eigenvalue weighted by Gasteiger charge is 2.10. The molecule has 0 unspecified atom stereocenters. The Morgan fingerprint density at radius 1 is 0.774 bits per heavy atom. The van der Waals surface area contributed by atoms with Crippen molar-refractivity contribution in [3.8, 4) is 0 Å². The lowest BCUT2D eigenvalue weighted by Gasteiger charge is -2.26. The number of ether oxygens (including phenoxy) is 1. The van der Waals surface area contributed by atoms with Crippen LogP contribution in [0.5, 0.6) is 0 Å². The largest absolute Gasteiger partial charge is 0.379 e. The maximum Gasteiger partial charge on any atom is 0.187 e. The average molecular weight is 471 g/mol. The molecule has 0 radical (unpaired) electrons. The zero-order valence-electron chi connectivity index (χ0n) is 18.9. The van der Waals surface area contributed by atoms with E-state index < -0.39 is 0 Å². The van der Waals surface area contributed by atoms with Gasteiger partial charge in [0.2, 0.25) is 0 Å². The Hall–Kier alpha value is -1.40. The summed E-state index contributed by atoms with van der Waals surface area (Å²) >= 11 is 10.6. The first kappa shape index (κ1) is 25.9. The molecule has 2 saturated heterocycles. The summed E-state index contributed by atoms with van der Waals surface area (Å²) in [6.45, 7) is 13.5. The summed E-state index contributed by atoms with van der Waals surface area (Å²) in [5, 5.41) is 16.0. The minimum absolute atomic E-state index is 0.511. The van der Waals surface area contributed by atoms with Crippen LogP contribution in [0.2, 0.25) is 0 Å². The normalized spacial score (nSPS) is 19.0. The van der Waals surface area contributed by atoms with Crippen molar-refractivity contribution < 1.29 is 4.74 Å². The molecule has 2 aliphatic heterocycles. The molecular formula is C20H38N8OS2. The summed E-state index contributed by atoms with van der Waals surface area (Å²) in [7, 11) is 0. The van der Waals surface area contributed by atoms with Gasteiger partial charge < -0.3 is 20.3 Å². The van der Waals surface area contributed by atoms with Gasteiger partial charge in [-0.3, -0.25) is 15.8 Å². The van der Waals surface area contributed by atoms with Crippen LogP contribution in [0.15, 0.2) is 10.2 Å². The smallest absolute Gasteiger partial charge is 0.187 e. The van der Waals surface area contributed by atoms with Crippen molar-refractivity contribution in [2.45, 2.75) is 39.5 Å². The molecule has 0 saturated carbocycles. The van der Waals surface area contributed by atoms with E-state index in [2.05, 4.69) is 41.5 Å². The van der Waals surface area contributed by atoms with E-state index in [1.54, 1.807) is 0 Å². The second-order valence-electron chi connectivity index (χ2n) is 7.84. The SMILES string of the molecule is CC(=N\NC(=S)NCCCN1CCOCC1)/C(C)=N/NC(=S)NCCN1CCCCC1. The molecule has 0 atom stereocenters. The van der Waals surface area contributed by atoms with E-state index in [1.807, 2.05) is 13.8 Å². The van der Waals surface area contributed by atoms with Gasteiger partial charge in [-0.1, -0.05) is 6.42 Å². The minimum atomic E-state index is 0.511. The molecule has 0 aliphatic carbocycles. The highest BCUT2D eigenvalue weighted by Crippen LogP contribution is 2.07. The first-order valence-electron chi connectivity index (χ1n) is 11.2. The van der Waals surface area contributed by atoms with Gasteiger partial charge in [0.05, 0.1) is 24.6 Å². The van der Waals surface area contributed by atoms with Gasteiger partial charge in [0, 0.05) is 32.7 Å². The molecule has 2 rings (SSSR count). The Balaban J connectivity index is 1.55. The van der Waals surface area contributed by atoms with Gasteiger partial charge in [0.25, 0.3) is 0 Å². The van der Waals surface area contributed by atoms with Crippen LogP contribution >= 0.6 is 24.4 Å². The van der Waals surface area contributed by atoms with Crippen molar-refractivity contribution in [1.29, 1.82) is 0 Å². The van der Waals surface area contributed by atoms with Gasteiger partial charge in [0.1, 0.15) is 0 Å². The lowest BCUT2D eigenvalue weighted by atomic mass is 10.1. The van der Waals surface area contributed by atoms with Gasteiger partial charge in [-0.15, -0.1) is 0 Å². The predicted molar refractivity (Wildman–Crippen MR) is 136 cm³/mol. The highest BCUT2D eigenvalue weighted by atomic mass is 32.1. The quantitative estimate of drug-likeness (QED) is 0.161. The van der Waals surface area contributed by atoms with E-state index in [0.717, 1.165) is 70.3 Å². The molecule has 2 fully saturated rings. The summed E-state index contributed by atoms with van der Waals surface area (Å²) in [5.41, 5.74) is 7.23. The third kappa shape index (κ3) is 11.7. The van der Waals surface area contributed by atoms with E-state index in [1.165, 1.54) is 32.4 Å². The van der Waals surface area contributed by atoms with Crippen molar-refractivity contribution in [3.63, 3.8) is 0 Å². The van der Waals surface area contributed by atoms with Crippen LogP contribution in [0, 0.1) is 0 Å². The summed E-state index contributed by atoms with van der Waals surface area (Å²) < 4.78 is 5.36. The van der Waals surface area contributed by atoms with Crippen molar-refractivity contribution in [3.05, 3.63) is 0 Å². The predicted octanol–water partition coefficient (Wildman–Crippen LogP) is 0.875. The fourth-order valence-electron chi connectivity index (χ4n) is 3.35. The van der Waals surface area contributed by atoms with E-state index in [0.29, 0.717) is 10.2 Å². The molecule has 0 amide bonds. The van der Waals surface area contributed by atoms with Crippen molar-refractivity contribution in [1.82, 2.24) is 31.3 Å². The van der Waals surface area contributed by atoms with Crippen molar-refractivity contribution in [2.24, 2.45) is 10.2 Å². The van der Waals surface area contributed by atoms with Crippen LogP contribution in [0.4, 0.5) is 0 Å². The van der Waals surface area contributed by atoms with Crippen LogP contribution < -0.4 is 21.5 Å². The number of morpholine rings is 1. The summed E-state index contributed by atoms with van der Waals surface area (Å²) in [4.78, 5) is 4.87. The Morgan fingerprint density at radius 3 is 1.94 bits per heavy atom. The molecule has 2 aliphatic rings. The van der Waals surface area contributed by atoms with Crippen molar-refractivity contribution >= 4 is 46.1 Å². The van der Waals surface area contributed by atoms with Gasteiger partial charge in [-0.05, 0) is 77.2 Å².